The van der Waals surface area contributed by atoms with Crippen LogP contribution in [0.25, 0.3) is 6.08 Å². The zero-order chi connectivity index (χ0) is 19.7. The summed E-state index contributed by atoms with van der Waals surface area (Å²) >= 11 is 0. The monoisotopic (exact) mass is 381 g/mol. The summed E-state index contributed by atoms with van der Waals surface area (Å²) in [6.07, 6.45) is 5.38. The minimum Gasteiger partial charge on any atom is -0.312 e. The molecule has 0 aliphatic carbocycles. The van der Waals surface area contributed by atoms with Crippen LogP contribution in [-0.4, -0.2) is 48.1 Å². The number of hydrogen-bond donors (Lipinski definition) is 0. The molecule has 0 radical (unpaired) electrons. The first-order valence-corrected chi connectivity index (χ1v) is 10.0. The first-order valence-electron chi connectivity index (χ1n) is 10.0. The molecule has 0 unspecified atom stereocenters. The van der Waals surface area contributed by atoms with Crippen LogP contribution in [0.4, 0.5) is 4.39 Å². The lowest BCUT2D eigenvalue weighted by molar-refractivity contribution is 0.131. The largest absolute Gasteiger partial charge is 0.312 e. The molecular weight excluding hydrogens is 353 g/mol. The van der Waals surface area contributed by atoms with E-state index in [0.29, 0.717) is 18.4 Å². The first kappa shape index (κ1) is 19.1. The van der Waals surface area contributed by atoms with Crippen LogP contribution in [-0.2, 0) is 13.1 Å². The van der Waals surface area contributed by atoms with E-state index in [4.69, 9.17) is 0 Å². The van der Waals surface area contributed by atoms with Crippen LogP contribution in [0.1, 0.15) is 29.2 Å². The molecule has 2 aliphatic rings. The van der Waals surface area contributed by atoms with Gasteiger partial charge in [0, 0.05) is 49.9 Å². The highest BCUT2D eigenvalue weighted by molar-refractivity contribution is 5.49. The van der Waals surface area contributed by atoms with Gasteiger partial charge >= 0.3 is 0 Å². The smallest absolute Gasteiger partial charge is 0.255 e. The van der Waals surface area contributed by atoms with Gasteiger partial charge in [-0.25, -0.2) is 4.39 Å². The van der Waals surface area contributed by atoms with E-state index in [1.165, 1.54) is 24.2 Å². The van der Waals surface area contributed by atoms with Gasteiger partial charge in [0.05, 0.1) is 0 Å². The van der Waals surface area contributed by atoms with Gasteiger partial charge in [0.2, 0.25) is 0 Å². The SMILES string of the molecule is CN(C)Cc1ccc2n(c1=O)C[C@H]1C[C@@H]2CN(C/C=C/c2ccc(F)cc2)C1. The second-order valence-corrected chi connectivity index (χ2v) is 8.41. The number of benzene rings is 1. The Labute approximate surface area is 165 Å². The summed E-state index contributed by atoms with van der Waals surface area (Å²) in [6.45, 7) is 4.40. The minimum atomic E-state index is -0.205. The van der Waals surface area contributed by atoms with Gasteiger partial charge in [-0.1, -0.05) is 30.4 Å². The molecule has 1 aromatic carbocycles. The van der Waals surface area contributed by atoms with E-state index >= 15 is 0 Å². The summed E-state index contributed by atoms with van der Waals surface area (Å²) in [5.41, 5.74) is 3.28. The molecule has 28 heavy (non-hydrogen) atoms. The Kier molecular flexibility index (Phi) is 5.47. The van der Waals surface area contributed by atoms with Crippen LogP contribution < -0.4 is 5.56 Å². The molecule has 1 fully saturated rings. The number of nitrogens with zero attached hydrogens (tertiary/aromatic N) is 3. The Hall–Kier alpha value is -2.24. The number of hydrogen-bond acceptors (Lipinski definition) is 3. The molecule has 2 bridgehead atoms. The number of fused-ring (bicyclic) bond motifs is 4. The first-order chi connectivity index (χ1) is 13.5. The van der Waals surface area contributed by atoms with E-state index in [0.717, 1.165) is 37.3 Å². The van der Waals surface area contributed by atoms with Crippen LogP contribution >= 0.6 is 0 Å². The van der Waals surface area contributed by atoms with Crippen molar-refractivity contribution in [1.29, 1.82) is 0 Å². The Morgan fingerprint density at radius 3 is 2.64 bits per heavy atom. The summed E-state index contributed by atoms with van der Waals surface area (Å²) in [5.74, 6) is 0.745. The predicted octanol–water partition coefficient (Wildman–Crippen LogP) is 3.18. The molecule has 4 rings (SSSR count). The highest BCUT2D eigenvalue weighted by atomic mass is 19.1. The number of rotatable bonds is 5. The van der Waals surface area contributed by atoms with Crippen LogP contribution in [0.2, 0.25) is 0 Å². The number of pyridine rings is 1. The zero-order valence-corrected chi connectivity index (χ0v) is 16.6. The molecule has 0 amide bonds. The van der Waals surface area contributed by atoms with Crippen molar-refractivity contribution in [3.05, 3.63) is 75.5 Å². The third kappa shape index (κ3) is 4.10. The van der Waals surface area contributed by atoms with Crippen molar-refractivity contribution in [2.24, 2.45) is 5.92 Å². The van der Waals surface area contributed by atoms with Gasteiger partial charge in [-0.15, -0.1) is 0 Å². The van der Waals surface area contributed by atoms with Gasteiger partial charge in [-0.05, 0) is 50.2 Å². The van der Waals surface area contributed by atoms with Crippen LogP contribution in [0, 0.1) is 11.7 Å². The molecule has 2 aliphatic heterocycles. The molecule has 0 N–H and O–H groups in total. The molecule has 1 saturated heterocycles. The maximum absolute atomic E-state index is 13.0. The number of halogens is 1. The average Bonchev–Trinajstić information content (AvgIpc) is 2.66. The van der Waals surface area contributed by atoms with E-state index in [2.05, 4.69) is 23.1 Å². The van der Waals surface area contributed by atoms with Crippen molar-refractivity contribution in [2.75, 3.05) is 33.7 Å². The van der Waals surface area contributed by atoms with Crippen molar-refractivity contribution < 1.29 is 4.39 Å². The average molecular weight is 381 g/mol. The molecule has 4 nitrogen and oxygen atoms in total. The van der Waals surface area contributed by atoms with Crippen LogP contribution in [0.3, 0.4) is 0 Å². The topological polar surface area (TPSA) is 28.5 Å². The molecule has 2 atom stereocenters. The number of piperidine rings is 1. The Balaban J connectivity index is 1.46. The summed E-state index contributed by atoms with van der Waals surface area (Å²) in [4.78, 5) is 17.4. The van der Waals surface area contributed by atoms with E-state index in [1.807, 2.05) is 29.6 Å². The van der Waals surface area contributed by atoms with Crippen LogP contribution in [0.15, 0.2) is 47.3 Å². The maximum Gasteiger partial charge on any atom is 0.255 e. The van der Waals surface area contributed by atoms with Gasteiger partial charge in [0.15, 0.2) is 0 Å². The highest BCUT2D eigenvalue weighted by Gasteiger charge is 2.34. The minimum absolute atomic E-state index is 0.186. The number of likely N-dealkylation sites (tertiary alicyclic amines) is 1. The fourth-order valence-corrected chi connectivity index (χ4v) is 4.61. The van der Waals surface area contributed by atoms with Crippen LogP contribution in [0.5, 0.6) is 0 Å². The van der Waals surface area contributed by atoms with E-state index in [9.17, 15) is 9.18 Å². The standard InChI is InChI=1S/C23H28FN3O/c1-25(2)15-19-7-10-22-20-12-18(14-27(22)23(19)28)13-26(16-20)11-3-4-17-5-8-21(24)9-6-17/h3-10,18,20H,11-16H2,1-2H3/b4-3+/t18-,20+/m0/s1. The molecule has 1 aromatic heterocycles. The van der Waals surface area contributed by atoms with E-state index in [-0.39, 0.29) is 11.4 Å². The zero-order valence-electron chi connectivity index (χ0n) is 16.6. The van der Waals surface area contributed by atoms with Gasteiger partial charge in [-0.3, -0.25) is 9.69 Å². The van der Waals surface area contributed by atoms with E-state index in [1.54, 1.807) is 12.1 Å². The molecule has 148 valence electrons. The highest BCUT2D eigenvalue weighted by Crippen LogP contribution is 2.35. The maximum atomic E-state index is 13.0. The molecule has 3 heterocycles. The lowest BCUT2D eigenvalue weighted by Gasteiger charge is -2.42. The van der Waals surface area contributed by atoms with Crippen molar-refractivity contribution in [2.45, 2.75) is 25.4 Å². The van der Waals surface area contributed by atoms with Crippen molar-refractivity contribution in [3.63, 3.8) is 0 Å². The fraction of sp³-hybridized carbons (Fsp3) is 0.435. The summed E-state index contributed by atoms with van der Waals surface area (Å²) in [5, 5.41) is 0. The van der Waals surface area contributed by atoms with Gasteiger partial charge in [-0.2, -0.15) is 0 Å². The quantitative estimate of drug-likeness (QED) is 0.796. The molecule has 5 heteroatoms. The summed E-state index contributed by atoms with van der Waals surface area (Å²) in [7, 11) is 3.99. The van der Waals surface area contributed by atoms with Gasteiger partial charge in [0.1, 0.15) is 5.82 Å². The van der Waals surface area contributed by atoms with Crippen molar-refractivity contribution >= 4 is 6.08 Å². The molecule has 2 aromatic rings. The Bertz CT molecular complexity index is 916. The second-order valence-electron chi connectivity index (χ2n) is 8.41. The third-order valence-electron chi connectivity index (χ3n) is 5.79. The molecule has 0 spiro atoms. The normalized spacial score (nSPS) is 22.0. The number of aromatic nitrogens is 1. The summed E-state index contributed by atoms with van der Waals surface area (Å²) in [6, 6.07) is 10.8. The predicted molar refractivity (Wildman–Crippen MR) is 111 cm³/mol. The Morgan fingerprint density at radius 1 is 1.11 bits per heavy atom. The molecular formula is C23H28FN3O. The third-order valence-corrected chi connectivity index (χ3v) is 5.79. The fourth-order valence-electron chi connectivity index (χ4n) is 4.61. The van der Waals surface area contributed by atoms with Gasteiger partial charge < -0.3 is 9.47 Å². The molecule has 0 saturated carbocycles. The van der Waals surface area contributed by atoms with Crippen molar-refractivity contribution in [1.82, 2.24) is 14.4 Å². The lowest BCUT2D eigenvalue weighted by atomic mass is 9.83. The Morgan fingerprint density at radius 2 is 1.89 bits per heavy atom. The summed E-state index contributed by atoms with van der Waals surface area (Å²) < 4.78 is 15.0. The lowest BCUT2D eigenvalue weighted by Crippen LogP contribution is -2.47. The van der Waals surface area contributed by atoms with E-state index < -0.39 is 0 Å². The van der Waals surface area contributed by atoms with Gasteiger partial charge in [0.25, 0.3) is 5.56 Å². The van der Waals surface area contributed by atoms with Crippen molar-refractivity contribution in [3.8, 4) is 0 Å². The second kappa shape index (κ2) is 8.02.